The summed E-state index contributed by atoms with van der Waals surface area (Å²) in [6.07, 6.45) is 19.3. The molecule has 4 rings (SSSR count). The average Bonchev–Trinajstić information content (AvgIpc) is 3.69. The van der Waals surface area contributed by atoms with E-state index in [1.54, 1.807) is 42.6 Å². The molecule has 2 aromatic heterocycles. The summed E-state index contributed by atoms with van der Waals surface area (Å²) in [5, 5.41) is 0. The first-order valence-corrected chi connectivity index (χ1v) is 17.4. The second-order valence-electron chi connectivity index (χ2n) is 11.2. The van der Waals surface area contributed by atoms with Crippen molar-refractivity contribution in [1.82, 2.24) is 9.55 Å². The Morgan fingerprint density at radius 3 is 1.63 bits per heavy atom. The van der Waals surface area contributed by atoms with Crippen molar-refractivity contribution in [2.24, 2.45) is 13.0 Å². The summed E-state index contributed by atoms with van der Waals surface area (Å²) in [5.41, 5.74) is 1.06. The molecule has 0 N–H and O–H groups in total. The van der Waals surface area contributed by atoms with Crippen LogP contribution in [0.5, 0.6) is 0 Å². The third-order valence-electron chi connectivity index (χ3n) is 7.17. The lowest BCUT2D eigenvalue weighted by Crippen LogP contribution is -2.18. The number of nitrogens with zero attached hydrogens (tertiary/aromatic N) is 2. The summed E-state index contributed by atoms with van der Waals surface area (Å²) in [4.78, 5) is 56.5. The Labute approximate surface area is 310 Å². The SMILES string of the molecule is CCCCCCCC(=O)OC.COC(=O)C1CCCCC1.COC(=O)c1ccccc1.COC(=O)c1cccnc1.COC(C)=O.Cn1cccc1. The number of methoxy groups -OCH3 is 5. The van der Waals surface area contributed by atoms with Gasteiger partial charge in [0, 0.05) is 45.2 Å². The van der Waals surface area contributed by atoms with Crippen molar-refractivity contribution in [3.63, 3.8) is 0 Å². The van der Waals surface area contributed by atoms with Crippen LogP contribution in [0.1, 0.15) is 105 Å². The van der Waals surface area contributed by atoms with Crippen LogP contribution in [0.4, 0.5) is 0 Å². The summed E-state index contributed by atoms with van der Waals surface area (Å²) in [5.74, 6) is -0.779. The summed E-state index contributed by atoms with van der Waals surface area (Å²) in [7, 11) is 8.97. The summed E-state index contributed by atoms with van der Waals surface area (Å²) in [6, 6.07) is 16.2. The molecule has 0 bridgehead atoms. The maximum atomic E-state index is 10.9. The van der Waals surface area contributed by atoms with Crippen LogP contribution in [0.15, 0.2) is 79.4 Å². The van der Waals surface area contributed by atoms with Crippen molar-refractivity contribution >= 4 is 29.8 Å². The number of aryl methyl sites for hydroxylation is 1. The van der Waals surface area contributed by atoms with E-state index in [9.17, 15) is 24.0 Å². The molecule has 1 saturated carbocycles. The first-order chi connectivity index (χ1) is 25.0. The Morgan fingerprint density at radius 2 is 1.21 bits per heavy atom. The molecule has 0 spiro atoms. The van der Waals surface area contributed by atoms with Crippen molar-refractivity contribution in [2.75, 3.05) is 35.5 Å². The second kappa shape index (κ2) is 34.4. The van der Waals surface area contributed by atoms with Gasteiger partial charge >= 0.3 is 29.8 Å². The van der Waals surface area contributed by atoms with Gasteiger partial charge in [0.2, 0.25) is 0 Å². The fourth-order valence-corrected chi connectivity index (χ4v) is 4.19. The molecule has 0 amide bonds. The molecule has 0 aliphatic heterocycles. The predicted molar refractivity (Wildman–Crippen MR) is 200 cm³/mol. The molecule has 12 nitrogen and oxygen atoms in total. The van der Waals surface area contributed by atoms with Crippen LogP contribution >= 0.6 is 0 Å². The number of unbranched alkanes of at least 4 members (excludes halogenated alkanes) is 4. The fourth-order valence-electron chi connectivity index (χ4n) is 4.19. The molecule has 12 heteroatoms. The van der Waals surface area contributed by atoms with E-state index in [0.717, 1.165) is 25.7 Å². The van der Waals surface area contributed by atoms with Crippen LogP contribution in [-0.4, -0.2) is 74.9 Å². The molecular weight excluding hydrogens is 668 g/mol. The van der Waals surface area contributed by atoms with E-state index in [4.69, 9.17) is 0 Å². The summed E-state index contributed by atoms with van der Waals surface area (Å²) in [6.45, 7) is 3.54. The highest BCUT2D eigenvalue weighted by Gasteiger charge is 2.20. The van der Waals surface area contributed by atoms with Crippen LogP contribution in [-0.2, 0) is 45.1 Å². The minimum Gasteiger partial charge on any atom is -0.469 e. The molecule has 1 aromatic carbocycles. The van der Waals surface area contributed by atoms with E-state index >= 15 is 0 Å². The summed E-state index contributed by atoms with van der Waals surface area (Å²) >= 11 is 0. The largest absolute Gasteiger partial charge is 0.469 e. The van der Waals surface area contributed by atoms with Crippen molar-refractivity contribution in [3.05, 3.63) is 90.5 Å². The van der Waals surface area contributed by atoms with Crippen molar-refractivity contribution < 1.29 is 47.7 Å². The number of rotatable bonds is 9. The van der Waals surface area contributed by atoms with Gasteiger partial charge in [-0.3, -0.25) is 19.4 Å². The van der Waals surface area contributed by atoms with Gasteiger partial charge in [-0.05, 0) is 55.7 Å². The second-order valence-corrected chi connectivity index (χ2v) is 11.2. The minimum atomic E-state index is -0.354. The number of hydrogen-bond acceptors (Lipinski definition) is 11. The van der Waals surface area contributed by atoms with Gasteiger partial charge in [0.05, 0.1) is 52.6 Å². The number of pyridine rings is 1. The number of ether oxygens (including phenoxy) is 5. The Hall–Kier alpha value is -5.00. The third-order valence-corrected chi connectivity index (χ3v) is 7.17. The van der Waals surface area contributed by atoms with E-state index in [0.29, 0.717) is 17.5 Å². The molecule has 0 saturated heterocycles. The molecule has 52 heavy (non-hydrogen) atoms. The van der Waals surface area contributed by atoms with Gasteiger partial charge in [-0.15, -0.1) is 0 Å². The summed E-state index contributed by atoms with van der Waals surface area (Å²) < 4.78 is 24.2. The van der Waals surface area contributed by atoms with E-state index in [1.807, 2.05) is 42.2 Å². The topological polar surface area (TPSA) is 149 Å². The van der Waals surface area contributed by atoms with Gasteiger partial charge in [0.25, 0.3) is 0 Å². The van der Waals surface area contributed by atoms with Crippen molar-refractivity contribution in [3.8, 4) is 0 Å². The highest BCUT2D eigenvalue weighted by molar-refractivity contribution is 5.89. The zero-order chi connectivity index (χ0) is 39.4. The van der Waals surface area contributed by atoms with Crippen LogP contribution < -0.4 is 0 Å². The first kappa shape index (κ1) is 49.1. The van der Waals surface area contributed by atoms with Gasteiger partial charge < -0.3 is 28.3 Å². The lowest BCUT2D eigenvalue weighted by molar-refractivity contribution is -0.146. The normalized spacial score (nSPS) is 11.1. The van der Waals surface area contributed by atoms with Crippen LogP contribution in [0.3, 0.4) is 0 Å². The maximum absolute atomic E-state index is 10.9. The van der Waals surface area contributed by atoms with Crippen LogP contribution in [0.25, 0.3) is 0 Å². The molecule has 1 fully saturated rings. The monoisotopic (exact) mass is 728 g/mol. The lowest BCUT2D eigenvalue weighted by Gasteiger charge is -2.18. The number of hydrogen-bond donors (Lipinski definition) is 0. The average molecular weight is 729 g/mol. The van der Waals surface area contributed by atoms with Gasteiger partial charge in [-0.25, -0.2) is 9.59 Å². The molecule has 290 valence electrons. The van der Waals surface area contributed by atoms with E-state index < -0.39 is 0 Å². The Morgan fingerprint density at radius 1 is 0.673 bits per heavy atom. The smallest absolute Gasteiger partial charge is 0.339 e. The number of aromatic nitrogens is 2. The number of benzene rings is 1. The number of carbonyl (C=O) groups is 5. The van der Waals surface area contributed by atoms with Crippen LogP contribution in [0, 0.1) is 5.92 Å². The zero-order valence-corrected chi connectivity index (χ0v) is 32.3. The Kier molecular flexibility index (Phi) is 32.5. The molecule has 2 heterocycles. The van der Waals surface area contributed by atoms with E-state index in [-0.39, 0.29) is 35.8 Å². The predicted octanol–water partition coefficient (Wildman–Crippen LogP) is 7.81. The molecule has 0 radical (unpaired) electrons. The fraction of sp³-hybridized carbons (Fsp3) is 0.500. The Balaban J connectivity index is 0. The zero-order valence-electron chi connectivity index (χ0n) is 32.3. The maximum Gasteiger partial charge on any atom is 0.339 e. The standard InChI is InChI=1S/C9H18O2.C8H14O2.C8H8O2.C7H7NO2.C5H7N.C3H6O2/c1-3-4-5-6-7-8-9(10)11-2;2*1-10-8(9)7-5-3-2-4-6-7;1-10-7(9)6-3-2-4-8-5-6;1-6-4-2-3-5-6;1-3(4)5-2/h3-8H2,1-2H3;7H,2-6H2,1H3;2-6H,1H3;2-5H,1H3;2-5H,1H3;1-2H3. The first-order valence-electron chi connectivity index (χ1n) is 17.4. The van der Waals surface area contributed by atoms with Crippen LogP contribution in [0.2, 0.25) is 0 Å². The Bertz CT molecular complexity index is 1260. The molecule has 1 aliphatic carbocycles. The third kappa shape index (κ3) is 28.8. The quantitative estimate of drug-likeness (QED) is 0.121. The molecule has 0 atom stereocenters. The minimum absolute atomic E-state index is 0.0142. The van der Waals surface area contributed by atoms with Gasteiger partial charge in [-0.2, -0.15) is 0 Å². The van der Waals surface area contributed by atoms with E-state index in [1.165, 1.54) is 87.2 Å². The van der Waals surface area contributed by atoms with Gasteiger partial charge in [0.1, 0.15) is 0 Å². The van der Waals surface area contributed by atoms with Crippen molar-refractivity contribution in [2.45, 2.75) is 84.5 Å². The number of esters is 5. The van der Waals surface area contributed by atoms with Gasteiger partial charge in [0.15, 0.2) is 0 Å². The molecule has 0 unspecified atom stereocenters. The lowest BCUT2D eigenvalue weighted by atomic mass is 9.89. The highest BCUT2D eigenvalue weighted by Crippen LogP contribution is 2.24. The highest BCUT2D eigenvalue weighted by atomic mass is 16.5. The van der Waals surface area contributed by atoms with E-state index in [2.05, 4.69) is 35.6 Å². The molecule has 3 aromatic rings. The molecular formula is C40H60N2O10. The van der Waals surface area contributed by atoms with Gasteiger partial charge in [-0.1, -0.05) is 70.1 Å². The molecule has 1 aliphatic rings. The number of carbonyl (C=O) groups excluding carboxylic acids is 5. The van der Waals surface area contributed by atoms with Crippen molar-refractivity contribution in [1.29, 1.82) is 0 Å².